The van der Waals surface area contributed by atoms with Crippen LogP contribution in [0.4, 0.5) is 0 Å². The lowest BCUT2D eigenvalue weighted by atomic mass is 10.2. The van der Waals surface area contributed by atoms with Crippen LogP contribution >= 0.6 is 0 Å². The van der Waals surface area contributed by atoms with Gasteiger partial charge in [0.15, 0.2) is 0 Å². The molecule has 11 heavy (non-hydrogen) atoms. The molecule has 0 fully saturated rings. The fourth-order valence-electron chi connectivity index (χ4n) is 0.718. The number of aldehydes is 1. The third kappa shape index (κ3) is 3.11. The van der Waals surface area contributed by atoms with Gasteiger partial charge in [-0.05, 0) is 6.08 Å². The highest BCUT2D eigenvalue weighted by molar-refractivity contribution is 5.77. The zero-order chi connectivity index (χ0) is 7.94. The van der Waals surface area contributed by atoms with Crippen LogP contribution in [0, 0.1) is 0 Å². The van der Waals surface area contributed by atoms with Crippen LogP contribution in [0.3, 0.4) is 0 Å². The van der Waals surface area contributed by atoms with Crippen LogP contribution in [0.5, 0.6) is 0 Å². The minimum atomic E-state index is 0.285. The van der Waals surface area contributed by atoms with E-state index >= 15 is 0 Å². The molecule has 0 amide bonds. The second-order valence-corrected chi connectivity index (χ2v) is 2.08. The van der Waals surface area contributed by atoms with E-state index in [0.29, 0.717) is 18.8 Å². The minimum absolute atomic E-state index is 0.285. The van der Waals surface area contributed by atoms with E-state index in [2.05, 4.69) is 0 Å². The highest BCUT2D eigenvalue weighted by Crippen LogP contribution is 1.95. The maximum Gasteiger partial charge on any atom is 0.149 e. The smallest absolute Gasteiger partial charge is 0.149 e. The van der Waals surface area contributed by atoms with Gasteiger partial charge in [-0.2, -0.15) is 0 Å². The van der Waals surface area contributed by atoms with Crippen LogP contribution in [-0.2, 0) is 14.3 Å². The van der Waals surface area contributed by atoms with Gasteiger partial charge < -0.3 is 9.47 Å². The van der Waals surface area contributed by atoms with Crippen molar-refractivity contribution in [3.63, 3.8) is 0 Å². The highest BCUT2D eigenvalue weighted by Gasteiger charge is 1.92. The summed E-state index contributed by atoms with van der Waals surface area (Å²) in [5.74, 6) is 0. The quantitative estimate of drug-likeness (QED) is 0.521. The zero-order valence-electron chi connectivity index (χ0n) is 6.16. The molecule has 0 spiro atoms. The van der Waals surface area contributed by atoms with E-state index in [1.165, 1.54) is 0 Å². The van der Waals surface area contributed by atoms with Crippen molar-refractivity contribution in [2.75, 3.05) is 20.0 Å². The van der Waals surface area contributed by atoms with Crippen LogP contribution in [0.15, 0.2) is 23.8 Å². The Labute approximate surface area is 65.3 Å². The topological polar surface area (TPSA) is 35.5 Å². The molecule has 0 N–H and O–H groups in total. The predicted octanol–water partition coefficient (Wildman–Crippen LogP) is 0.672. The van der Waals surface area contributed by atoms with Crippen LogP contribution in [0.2, 0.25) is 0 Å². The third-order valence-electron chi connectivity index (χ3n) is 1.26. The summed E-state index contributed by atoms with van der Waals surface area (Å²) in [6.07, 6.45) is 6.03. The van der Waals surface area contributed by atoms with Crippen LogP contribution < -0.4 is 0 Å². The number of hydrogen-bond donors (Lipinski definition) is 0. The second kappa shape index (κ2) is 4.82. The Kier molecular flexibility index (Phi) is 3.58. The van der Waals surface area contributed by atoms with Crippen molar-refractivity contribution in [1.29, 1.82) is 0 Å². The van der Waals surface area contributed by atoms with Crippen molar-refractivity contribution in [3.05, 3.63) is 23.8 Å². The summed E-state index contributed by atoms with van der Waals surface area (Å²) in [7, 11) is 0. The van der Waals surface area contributed by atoms with Gasteiger partial charge in [-0.1, -0.05) is 12.2 Å². The van der Waals surface area contributed by atoms with Crippen LogP contribution in [0.1, 0.15) is 0 Å². The van der Waals surface area contributed by atoms with E-state index in [-0.39, 0.29) is 6.79 Å². The monoisotopic (exact) mass is 154 g/mol. The summed E-state index contributed by atoms with van der Waals surface area (Å²) in [6.45, 7) is 1.20. The minimum Gasteiger partial charge on any atom is -0.351 e. The Bertz CT molecular complexity index is 182. The van der Waals surface area contributed by atoms with Crippen molar-refractivity contribution in [2.45, 2.75) is 0 Å². The predicted molar refractivity (Wildman–Crippen MR) is 40.1 cm³/mol. The molecule has 0 aromatic rings. The third-order valence-corrected chi connectivity index (χ3v) is 1.26. The van der Waals surface area contributed by atoms with E-state index < -0.39 is 0 Å². The van der Waals surface area contributed by atoms with E-state index in [1.807, 2.05) is 0 Å². The van der Waals surface area contributed by atoms with Crippen LogP contribution in [-0.4, -0.2) is 26.3 Å². The van der Waals surface area contributed by atoms with E-state index in [1.54, 1.807) is 18.2 Å². The van der Waals surface area contributed by atoms with Crippen LogP contribution in [0.25, 0.3) is 0 Å². The van der Waals surface area contributed by atoms with Crippen molar-refractivity contribution in [3.8, 4) is 0 Å². The number of carbonyl (C=O) groups is 1. The number of allylic oxidation sites excluding steroid dienone is 2. The summed E-state index contributed by atoms with van der Waals surface area (Å²) in [5, 5.41) is 0. The number of hydrogen-bond acceptors (Lipinski definition) is 3. The van der Waals surface area contributed by atoms with Gasteiger partial charge in [-0.3, -0.25) is 4.79 Å². The first kappa shape index (κ1) is 8.17. The molecule has 0 unspecified atom stereocenters. The normalized spacial score (nSPS) is 27.1. The van der Waals surface area contributed by atoms with Gasteiger partial charge in [0.1, 0.15) is 13.1 Å². The molecule has 0 aliphatic carbocycles. The average molecular weight is 154 g/mol. The summed E-state index contributed by atoms with van der Waals surface area (Å²) in [4.78, 5) is 10.3. The van der Waals surface area contributed by atoms with Crippen molar-refractivity contribution in [2.24, 2.45) is 0 Å². The molecule has 3 heteroatoms. The standard InChI is InChI=1S/C8H10O3/c9-6-8-2-1-4-10-7-11-5-3-8/h1-3,6H,4-5,7H2/b2-1-,8-3+. The van der Waals surface area contributed by atoms with E-state index in [4.69, 9.17) is 9.47 Å². The molecule has 1 aliphatic rings. The molecule has 0 saturated carbocycles. The lowest BCUT2D eigenvalue weighted by Gasteiger charge is -1.98. The number of carbonyl (C=O) groups excluding carboxylic acids is 1. The van der Waals surface area contributed by atoms with Gasteiger partial charge >= 0.3 is 0 Å². The molecule has 0 aromatic heterocycles. The van der Waals surface area contributed by atoms with Crippen molar-refractivity contribution in [1.82, 2.24) is 0 Å². The fourth-order valence-corrected chi connectivity index (χ4v) is 0.718. The zero-order valence-corrected chi connectivity index (χ0v) is 6.16. The molecular formula is C8H10O3. The Morgan fingerprint density at radius 1 is 1.36 bits per heavy atom. The van der Waals surface area contributed by atoms with Gasteiger partial charge in [0.25, 0.3) is 0 Å². The second-order valence-electron chi connectivity index (χ2n) is 2.08. The molecule has 1 heterocycles. The molecular weight excluding hydrogens is 144 g/mol. The lowest BCUT2D eigenvalue weighted by molar-refractivity contribution is -0.104. The summed E-state index contributed by atoms with van der Waals surface area (Å²) >= 11 is 0. The van der Waals surface area contributed by atoms with Gasteiger partial charge in [0, 0.05) is 5.57 Å². The first-order valence-electron chi connectivity index (χ1n) is 3.41. The van der Waals surface area contributed by atoms with Gasteiger partial charge in [0.2, 0.25) is 0 Å². The summed E-state index contributed by atoms with van der Waals surface area (Å²) < 4.78 is 9.98. The van der Waals surface area contributed by atoms with Gasteiger partial charge in [-0.15, -0.1) is 0 Å². The Morgan fingerprint density at radius 2 is 2.18 bits per heavy atom. The molecule has 1 rings (SSSR count). The molecule has 3 nitrogen and oxygen atoms in total. The van der Waals surface area contributed by atoms with Gasteiger partial charge in [0.05, 0.1) is 13.2 Å². The largest absolute Gasteiger partial charge is 0.351 e. The molecule has 0 atom stereocenters. The summed E-state index contributed by atoms with van der Waals surface area (Å²) in [5.41, 5.74) is 0.635. The first-order chi connectivity index (χ1) is 5.43. The van der Waals surface area contributed by atoms with Gasteiger partial charge in [-0.25, -0.2) is 0 Å². The number of ether oxygens (including phenoxy) is 2. The van der Waals surface area contributed by atoms with E-state index in [0.717, 1.165) is 6.29 Å². The average Bonchev–Trinajstić information content (AvgIpc) is 2.16. The molecule has 0 aromatic carbocycles. The molecule has 0 radical (unpaired) electrons. The Morgan fingerprint density at radius 3 is 3.00 bits per heavy atom. The first-order valence-corrected chi connectivity index (χ1v) is 3.41. The lowest BCUT2D eigenvalue weighted by Crippen LogP contribution is -1.98. The van der Waals surface area contributed by atoms with E-state index in [9.17, 15) is 4.79 Å². The Balaban J connectivity index is 2.55. The fraction of sp³-hybridized carbons (Fsp3) is 0.375. The maximum absolute atomic E-state index is 10.3. The van der Waals surface area contributed by atoms with Crippen molar-refractivity contribution >= 4 is 6.29 Å². The molecule has 1 aliphatic heterocycles. The SMILES string of the molecule is O=CC1=C/COCOC/C=C\1. The maximum atomic E-state index is 10.3. The molecule has 0 bridgehead atoms. The highest BCUT2D eigenvalue weighted by atomic mass is 16.7. The molecule has 60 valence electrons. The summed E-state index contributed by atoms with van der Waals surface area (Å²) in [6, 6.07) is 0. The molecule has 0 saturated heterocycles. The van der Waals surface area contributed by atoms with Crippen molar-refractivity contribution < 1.29 is 14.3 Å². The number of rotatable bonds is 1. The Hall–Kier alpha value is -0.930.